The normalized spacial score (nSPS) is 22.7. The van der Waals surface area contributed by atoms with Gasteiger partial charge in [-0.05, 0) is 43.7 Å². The molecule has 156 valence electrons. The van der Waals surface area contributed by atoms with E-state index in [0.29, 0.717) is 11.3 Å². The fraction of sp³-hybridized carbons (Fsp3) is 0.286. The maximum Gasteiger partial charge on any atom is 0.354 e. The van der Waals surface area contributed by atoms with Crippen LogP contribution in [0.1, 0.15) is 25.5 Å². The molecular formula is C21H20FN3O5. The predicted molar refractivity (Wildman–Crippen MR) is 105 cm³/mol. The van der Waals surface area contributed by atoms with Gasteiger partial charge in [-0.15, -0.1) is 0 Å². The summed E-state index contributed by atoms with van der Waals surface area (Å²) in [6.07, 6.45) is 0. The topological polar surface area (TPSA) is 95.5 Å². The molecule has 2 aromatic carbocycles. The number of halogens is 1. The summed E-state index contributed by atoms with van der Waals surface area (Å²) in [5.74, 6) is -2.55. The second kappa shape index (κ2) is 7.10. The molecule has 0 aliphatic carbocycles. The number of para-hydroxylation sites is 1. The summed E-state index contributed by atoms with van der Waals surface area (Å²) >= 11 is 0. The zero-order chi connectivity index (χ0) is 21.6. The Morgan fingerprint density at radius 2 is 1.73 bits per heavy atom. The number of hydrogen-bond acceptors (Lipinski definition) is 5. The maximum absolute atomic E-state index is 13.5. The second-order valence-electron chi connectivity index (χ2n) is 7.21. The molecule has 0 saturated heterocycles. The fourth-order valence-corrected chi connectivity index (χ4v) is 4.06. The van der Waals surface area contributed by atoms with Gasteiger partial charge in [-0.3, -0.25) is 4.79 Å². The SMILES string of the molecule is CCOC(=O)C1C(c2ccc(F)cc2)n2c(=O)n(-c3ccccc3)c(=O)n2C1(C)O. The Kier molecular flexibility index (Phi) is 4.70. The van der Waals surface area contributed by atoms with Gasteiger partial charge in [0.05, 0.1) is 18.3 Å². The predicted octanol–water partition coefficient (Wildman–Crippen LogP) is 1.39. The average Bonchev–Trinajstić information content (AvgIpc) is 3.12. The van der Waals surface area contributed by atoms with Gasteiger partial charge in [0.1, 0.15) is 11.7 Å². The van der Waals surface area contributed by atoms with Gasteiger partial charge in [-0.1, -0.05) is 30.3 Å². The number of carbonyl (C=O) groups is 1. The monoisotopic (exact) mass is 413 g/mol. The van der Waals surface area contributed by atoms with Crippen LogP contribution in [0.3, 0.4) is 0 Å². The van der Waals surface area contributed by atoms with Crippen LogP contribution in [-0.2, 0) is 15.3 Å². The molecule has 9 heteroatoms. The van der Waals surface area contributed by atoms with Crippen LogP contribution in [-0.4, -0.2) is 31.6 Å². The Hall–Kier alpha value is -3.46. The summed E-state index contributed by atoms with van der Waals surface area (Å²) in [6.45, 7) is 2.95. The van der Waals surface area contributed by atoms with Crippen LogP contribution < -0.4 is 11.4 Å². The minimum Gasteiger partial charge on any atom is -0.466 e. The summed E-state index contributed by atoms with van der Waals surface area (Å²) in [6, 6.07) is 12.4. The molecule has 0 spiro atoms. The summed E-state index contributed by atoms with van der Waals surface area (Å²) in [7, 11) is 0. The van der Waals surface area contributed by atoms with Crippen LogP contribution in [0.4, 0.5) is 4.39 Å². The number of aliphatic hydroxyl groups is 1. The van der Waals surface area contributed by atoms with Gasteiger partial charge in [0.2, 0.25) is 0 Å². The van der Waals surface area contributed by atoms with E-state index >= 15 is 0 Å². The number of hydrogen-bond donors (Lipinski definition) is 1. The molecule has 30 heavy (non-hydrogen) atoms. The van der Waals surface area contributed by atoms with E-state index in [1.54, 1.807) is 37.3 Å². The number of carbonyl (C=O) groups excluding carboxylic acids is 1. The second-order valence-corrected chi connectivity index (χ2v) is 7.21. The largest absolute Gasteiger partial charge is 0.466 e. The molecule has 0 radical (unpaired) electrons. The highest BCUT2D eigenvalue weighted by molar-refractivity contribution is 5.75. The van der Waals surface area contributed by atoms with Gasteiger partial charge in [-0.25, -0.2) is 23.2 Å². The third kappa shape index (κ3) is 2.81. The van der Waals surface area contributed by atoms with E-state index in [9.17, 15) is 23.9 Å². The van der Waals surface area contributed by atoms with Crippen molar-refractivity contribution < 1.29 is 19.0 Å². The van der Waals surface area contributed by atoms with Crippen molar-refractivity contribution in [2.45, 2.75) is 25.6 Å². The standard InChI is InChI=1S/C21H20FN3O5/c1-3-30-18(26)16-17(13-9-11-14(22)12-10-13)24-19(27)23(15-7-5-4-6-8-15)20(28)25(24)21(16,2)29/h4-12,16-17,29H,3H2,1-2H3. The first kappa shape index (κ1) is 19.8. The summed E-state index contributed by atoms with van der Waals surface area (Å²) in [4.78, 5) is 39.3. The Bertz CT molecular complexity index is 1210. The highest BCUT2D eigenvalue weighted by Gasteiger charge is 2.56. The van der Waals surface area contributed by atoms with Crippen molar-refractivity contribution in [1.29, 1.82) is 0 Å². The van der Waals surface area contributed by atoms with Crippen molar-refractivity contribution in [3.63, 3.8) is 0 Å². The number of aromatic nitrogens is 3. The van der Waals surface area contributed by atoms with Gasteiger partial charge in [0, 0.05) is 0 Å². The molecule has 0 saturated carbocycles. The van der Waals surface area contributed by atoms with Crippen molar-refractivity contribution in [2.24, 2.45) is 5.92 Å². The lowest BCUT2D eigenvalue weighted by atomic mass is 9.87. The van der Waals surface area contributed by atoms with Crippen molar-refractivity contribution in [2.75, 3.05) is 6.61 Å². The zero-order valence-corrected chi connectivity index (χ0v) is 16.4. The van der Waals surface area contributed by atoms with E-state index in [0.717, 1.165) is 13.9 Å². The first-order valence-corrected chi connectivity index (χ1v) is 9.46. The molecule has 0 fully saturated rings. The Balaban J connectivity index is 2.01. The van der Waals surface area contributed by atoms with Gasteiger partial charge in [0.15, 0.2) is 5.72 Å². The van der Waals surface area contributed by atoms with Crippen LogP contribution >= 0.6 is 0 Å². The molecule has 3 atom stereocenters. The van der Waals surface area contributed by atoms with Crippen molar-refractivity contribution in [1.82, 2.24) is 13.9 Å². The molecule has 1 N–H and O–H groups in total. The number of rotatable bonds is 4. The molecule has 3 unspecified atom stereocenters. The van der Waals surface area contributed by atoms with Gasteiger partial charge in [-0.2, -0.15) is 4.68 Å². The number of fused-ring (bicyclic) bond motifs is 1. The highest BCUT2D eigenvalue weighted by Crippen LogP contribution is 2.42. The third-order valence-electron chi connectivity index (χ3n) is 5.34. The van der Waals surface area contributed by atoms with Crippen molar-refractivity contribution in [3.05, 3.63) is 86.9 Å². The molecule has 0 amide bonds. The van der Waals surface area contributed by atoms with Crippen molar-refractivity contribution >= 4 is 5.97 Å². The number of benzene rings is 2. The zero-order valence-electron chi connectivity index (χ0n) is 16.4. The van der Waals surface area contributed by atoms with Crippen LogP contribution in [0, 0.1) is 11.7 Å². The molecule has 1 aliphatic rings. The van der Waals surface area contributed by atoms with E-state index < -0.39 is 40.9 Å². The first-order valence-electron chi connectivity index (χ1n) is 9.46. The minimum absolute atomic E-state index is 0.0551. The average molecular weight is 413 g/mol. The number of nitrogens with zero attached hydrogens (tertiary/aromatic N) is 3. The van der Waals surface area contributed by atoms with Gasteiger partial charge in [0.25, 0.3) is 0 Å². The van der Waals surface area contributed by atoms with E-state index in [1.807, 2.05) is 0 Å². The Morgan fingerprint density at radius 1 is 1.10 bits per heavy atom. The molecule has 8 nitrogen and oxygen atoms in total. The lowest BCUT2D eigenvalue weighted by molar-refractivity contribution is -0.163. The molecule has 1 aliphatic heterocycles. The number of esters is 1. The lowest BCUT2D eigenvalue weighted by Gasteiger charge is -2.26. The fourth-order valence-electron chi connectivity index (χ4n) is 4.06. The number of ether oxygens (including phenoxy) is 1. The summed E-state index contributed by atoms with van der Waals surface area (Å²) in [5, 5.41) is 11.3. The Labute approximate surface area is 170 Å². The van der Waals surface area contributed by atoms with Gasteiger partial charge < -0.3 is 9.84 Å². The molecular weight excluding hydrogens is 393 g/mol. The van der Waals surface area contributed by atoms with Crippen LogP contribution in [0.25, 0.3) is 5.69 Å². The van der Waals surface area contributed by atoms with Crippen LogP contribution in [0.2, 0.25) is 0 Å². The van der Waals surface area contributed by atoms with Crippen LogP contribution in [0.5, 0.6) is 0 Å². The van der Waals surface area contributed by atoms with Crippen LogP contribution in [0.15, 0.2) is 64.2 Å². The molecule has 3 aromatic rings. The Morgan fingerprint density at radius 3 is 2.33 bits per heavy atom. The third-order valence-corrected chi connectivity index (χ3v) is 5.34. The quantitative estimate of drug-likeness (QED) is 0.652. The highest BCUT2D eigenvalue weighted by atomic mass is 19.1. The summed E-state index contributed by atoms with van der Waals surface area (Å²) in [5.41, 5.74) is -2.87. The lowest BCUT2D eigenvalue weighted by Crippen LogP contribution is -2.45. The molecule has 4 rings (SSSR count). The minimum atomic E-state index is -2.05. The molecule has 0 bridgehead atoms. The van der Waals surface area contributed by atoms with E-state index in [-0.39, 0.29) is 6.61 Å². The molecule has 2 heterocycles. The van der Waals surface area contributed by atoms with E-state index in [1.165, 1.54) is 31.2 Å². The van der Waals surface area contributed by atoms with E-state index in [2.05, 4.69) is 0 Å². The molecule has 1 aromatic heterocycles. The first-order chi connectivity index (χ1) is 14.3. The van der Waals surface area contributed by atoms with Gasteiger partial charge >= 0.3 is 17.3 Å². The summed E-state index contributed by atoms with van der Waals surface area (Å²) < 4.78 is 21.5. The van der Waals surface area contributed by atoms with Crippen molar-refractivity contribution in [3.8, 4) is 5.69 Å². The van der Waals surface area contributed by atoms with E-state index in [4.69, 9.17) is 4.74 Å². The maximum atomic E-state index is 13.5. The smallest absolute Gasteiger partial charge is 0.354 e.